The van der Waals surface area contributed by atoms with Gasteiger partial charge in [-0.25, -0.2) is 14.4 Å². The number of carbonyl (C=O) groups is 1. The first kappa shape index (κ1) is 22.1. The minimum Gasteiger partial charge on any atom is -0.481 e. The Balaban J connectivity index is 2.10. The zero-order chi connectivity index (χ0) is 22.2. The van der Waals surface area contributed by atoms with Gasteiger partial charge in [-0.05, 0) is 36.1 Å². The second kappa shape index (κ2) is 8.65. The number of nitrogens with zero attached hydrogens (tertiary/aromatic N) is 3. The summed E-state index contributed by atoms with van der Waals surface area (Å²) in [5.74, 6) is -1.40. The quantitative estimate of drug-likeness (QED) is 0.636. The largest absolute Gasteiger partial charge is 0.481 e. The number of carboxylic acids is 1. The highest BCUT2D eigenvalue weighted by Crippen LogP contribution is 2.44. The van der Waals surface area contributed by atoms with Crippen LogP contribution in [-0.4, -0.2) is 57.6 Å². The first-order valence-corrected chi connectivity index (χ1v) is 10.0. The number of aromatic nitrogens is 2. The topological polar surface area (TPSA) is 107 Å². The van der Waals surface area contributed by atoms with Crippen LogP contribution in [0.1, 0.15) is 55.3 Å². The van der Waals surface area contributed by atoms with E-state index in [1.54, 1.807) is 6.07 Å². The van der Waals surface area contributed by atoms with E-state index in [4.69, 9.17) is 15.1 Å². The minimum absolute atomic E-state index is 0.109. The molecule has 0 spiro atoms. The van der Waals surface area contributed by atoms with E-state index in [2.05, 4.69) is 0 Å². The Morgan fingerprint density at radius 1 is 1.27 bits per heavy atom. The molecular formula is C22H28FN3O4. The van der Waals surface area contributed by atoms with Crippen LogP contribution in [0.4, 0.5) is 10.3 Å². The van der Waals surface area contributed by atoms with Crippen molar-refractivity contribution in [3.05, 3.63) is 40.8 Å². The van der Waals surface area contributed by atoms with Crippen molar-refractivity contribution in [1.82, 2.24) is 9.97 Å². The fourth-order valence-corrected chi connectivity index (χ4v) is 4.05. The molecule has 0 bridgehead atoms. The highest BCUT2D eigenvalue weighted by molar-refractivity contribution is 5.73. The van der Waals surface area contributed by atoms with Crippen molar-refractivity contribution in [3.8, 4) is 11.3 Å². The van der Waals surface area contributed by atoms with Crippen molar-refractivity contribution < 1.29 is 24.5 Å². The number of rotatable bonds is 7. The van der Waals surface area contributed by atoms with E-state index < -0.39 is 36.3 Å². The number of hydrogen-bond donors (Lipinski definition) is 3. The number of anilines is 1. The van der Waals surface area contributed by atoms with Gasteiger partial charge in [-0.2, -0.15) is 0 Å². The second-order valence-electron chi connectivity index (χ2n) is 8.38. The zero-order valence-electron chi connectivity index (χ0n) is 17.6. The summed E-state index contributed by atoms with van der Waals surface area (Å²) in [5, 5.41) is 29.8. The summed E-state index contributed by atoms with van der Waals surface area (Å²) in [6, 6.07) is 4.41. The molecule has 1 aromatic heterocycles. The van der Waals surface area contributed by atoms with Crippen LogP contribution in [0.25, 0.3) is 11.3 Å². The molecule has 2 aromatic rings. The smallest absolute Gasteiger partial charge is 0.305 e. The van der Waals surface area contributed by atoms with E-state index in [1.165, 1.54) is 12.1 Å². The van der Waals surface area contributed by atoms with Crippen LogP contribution >= 0.6 is 0 Å². The molecule has 0 aliphatic heterocycles. The molecule has 0 fully saturated rings. The third-order valence-corrected chi connectivity index (χ3v) is 5.45. The van der Waals surface area contributed by atoms with Crippen LogP contribution in [0.2, 0.25) is 0 Å². The lowest BCUT2D eigenvalue weighted by Crippen LogP contribution is -2.30. The Hall–Kier alpha value is -2.58. The third-order valence-electron chi connectivity index (χ3n) is 5.45. The second-order valence-corrected chi connectivity index (χ2v) is 8.38. The van der Waals surface area contributed by atoms with E-state index in [0.29, 0.717) is 17.9 Å². The summed E-state index contributed by atoms with van der Waals surface area (Å²) in [6.07, 6.45) is -2.42. The van der Waals surface area contributed by atoms with Crippen molar-refractivity contribution in [1.29, 1.82) is 0 Å². The van der Waals surface area contributed by atoms with Crippen LogP contribution in [0.3, 0.4) is 0 Å². The molecule has 0 saturated heterocycles. The molecule has 7 nitrogen and oxygen atoms in total. The highest BCUT2D eigenvalue weighted by Gasteiger charge is 2.35. The van der Waals surface area contributed by atoms with E-state index >= 15 is 0 Å². The summed E-state index contributed by atoms with van der Waals surface area (Å²) in [6.45, 7) is 4.06. The average Bonchev–Trinajstić information content (AvgIpc) is 2.65. The fourth-order valence-electron chi connectivity index (χ4n) is 4.05. The van der Waals surface area contributed by atoms with Crippen LogP contribution < -0.4 is 4.90 Å². The molecule has 1 aromatic carbocycles. The summed E-state index contributed by atoms with van der Waals surface area (Å²) in [5.41, 5.74) is 3.81. The number of halogens is 1. The van der Waals surface area contributed by atoms with Crippen molar-refractivity contribution in [2.45, 2.75) is 57.2 Å². The number of carboxylic acid groups (broad SMARTS) is 1. The Kier molecular flexibility index (Phi) is 6.38. The van der Waals surface area contributed by atoms with Crippen LogP contribution in [-0.2, 0) is 11.2 Å². The van der Waals surface area contributed by atoms with Gasteiger partial charge in [-0.1, -0.05) is 13.8 Å². The minimum atomic E-state index is -1.19. The van der Waals surface area contributed by atoms with Crippen LogP contribution in [0.15, 0.2) is 18.2 Å². The number of aliphatic hydroxyl groups is 2. The molecule has 0 amide bonds. The van der Waals surface area contributed by atoms with Gasteiger partial charge >= 0.3 is 5.97 Å². The van der Waals surface area contributed by atoms with Crippen LogP contribution in [0.5, 0.6) is 0 Å². The number of aliphatic hydroxyl groups excluding tert-OH is 2. The Morgan fingerprint density at radius 2 is 1.97 bits per heavy atom. The van der Waals surface area contributed by atoms with Gasteiger partial charge in [0, 0.05) is 37.6 Å². The van der Waals surface area contributed by atoms with Gasteiger partial charge in [0.15, 0.2) is 0 Å². The van der Waals surface area contributed by atoms with Gasteiger partial charge in [-0.3, -0.25) is 4.79 Å². The maximum Gasteiger partial charge on any atom is 0.305 e. The van der Waals surface area contributed by atoms with Gasteiger partial charge in [0.05, 0.1) is 30.0 Å². The number of benzene rings is 1. The van der Waals surface area contributed by atoms with Crippen molar-refractivity contribution in [2.24, 2.45) is 0 Å². The zero-order valence-corrected chi connectivity index (χ0v) is 17.6. The lowest BCUT2D eigenvalue weighted by Gasteiger charge is -2.33. The molecule has 8 heteroatoms. The van der Waals surface area contributed by atoms with Crippen molar-refractivity contribution >= 4 is 11.9 Å². The Morgan fingerprint density at radius 3 is 2.57 bits per heavy atom. The molecule has 0 saturated carbocycles. The molecule has 1 aliphatic rings. The summed E-state index contributed by atoms with van der Waals surface area (Å²) < 4.78 is 14.1. The normalized spacial score (nSPS) is 17.3. The summed E-state index contributed by atoms with van der Waals surface area (Å²) in [7, 11) is 3.72. The first-order chi connectivity index (χ1) is 14.1. The molecule has 0 radical (unpaired) electrons. The molecule has 30 heavy (non-hydrogen) atoms. The van der Waals surface area contributed by atoms with E-state index in [-0.39, 0.29) is 12.3 Å². The molecule has 1 heterocycles. The summed E-state index contributed by atoms with van der Waals surface area (Å²) >= 11 is 0. The molecule has 162 valence electrons. The van der Waals surface area contributed by atoms with E-state index in [0.717, 1.165) is 22.5 Å². The number of hydrogen-bond acceptors (Lipinski definition) is 6. The van der Waals surface area contributed by atoms with E-state index in [1.807, 2.05) is 32.8 Å². The third kappa shape index (κ3) is 4.44. The summed E-state index contributed by atoms with van der Waals surface area (Å²) in [4.78, 5) is 22.1. The Labute approximate surface area is 175 Å². The van der Waals surface area contributed by atoms with Gasteiger partial charge in [-0.15, -0.1) is 0 Å². The molecular weight excluding hydrogens is 389 g/mol. The van der Waals surface area contributed by atoms with Gasteiger partial charge in [0.25, 0.3) is 0 Å². The lowest BCUT2D eigenvalue weighted by molar-refractivity contribution is -0.139. The average molecular weight is 417 g/mol. The van der Waals surface area contributed by atoms with Crippen molar-refractivity contribution in [2.75, 3.05) is 19.0 Å². The van der Waals surface area contributed by atoms with E-state index in [9.17, 15) is 19.4 Å². The van der Waals surface area contributed by atoms with Crippen molar-refractivity contribution in [3.63, 3.8) is 0 Å². The molecule has 3 N–H and O–H groups in total. The van der Waals surface area contributed by atoms with Crippen LogP contribution in [0, 0.1) is 5.82 Å². The SMILES string of the molecule is CC(C)c1nc(N(C)C)nc2c1C[C@@H]([C@@H](O)C[C@@H](O)CC(=O)O)c1cc(F)ccc1-2. The Bertz CT molecular complexity index is 948. The van der Waals surface area contributed by atoms with Gasteiger partial charge in [0.1, 0.15) is 5.82 Å². The first-order valence-electron chi connectivity index (χ1n) is 10.0. The maximum atomic E-state index is 14.1. The lowest BCUT2D eigenvalue weighted by atomic mass is 9.75. The monoisotopic (exact) mass is 417 g/mol. The fraction of sp³-hybridized carbons (Fsp3) is 0.500. The van der Waals surface area contributed by atoms with Gasteiger partial charge in [0.2, 0.25) is 5.95 Å². The number of aliphatic carboxylic acids is 1. The maximum absolute atomic E-state index is 14.1. The predicted molar refractivity (Wildman–Crippen MR) is 111 cm³/mol. The highest BCUT2D eigenvalue weighted by atomic mass is 19.1. The molecule has 3 atom stereocenters. The molecule has 3 rings (SSSR count). The molecule has 1 aliphatic carbocycles. The molecule has 0 unspecified atom stereocenters. The predicted octanol–water partition coefficient (Wildman–Crippen LogP) is 2.70. The number of fused-ring (bicyclic) bond motifs is 3. The standard InChI is InChI=1S/C22H28FN3O4/c1-11(2)20-17-10-16(18(28)8-13(27)9-19(29)30)15-7-12(23)5-6-14(15)21(17)25-22(24-20)26(3)4/h5-7,11,13,16,18,27-28H,8-10H2,1-4H3,(H,29,30)/t13-,16-,18+/m1/s1. The van der Waals surface area contributed by atoms with Gasteiger partial charge < -0.3 is 20.2 Å².